The molecule has 1 atom stereocenters. The quantitative estimate of drug-likeness (QED) is 0.671. The molecular formula is C20H24F3N5O2. The van der Waals surface area contributed by atoms with Crippen molar-refractivity contribution in [2.75, 3.05) is 18.9 Å². The fourth-order valence-corrected chi connectivity index (χ4v) is 2.92. The predicted octanol–water partition coefficient (Wildman–Crippen LogP) is 3.21. The molecule has 30 heavy (non-hydrogen) atoms. The van der Waals surface area contributed by atoms with Crippen LogP contribution in [0, 0.1) is 5.82 Å². The van der Waals surface area contributed by atoms with Gasteiger partial charge in [0.1, 0.15) is 5.52 Å². The third-order valence-corrected chi connectivity index (χ3v) is 4.94. The minimum Gasteiger partial charge on any atom is -0.391 e. The van der Waals surface area contributed by atoms with Gasteiger partial charge in [0.05, 0.1) is 35.7 Å². The predicted molar refractivity (Wildman–Crippen MR) is 106 cm³/mol. The Kier molecular flexibility index (Phi) is 6.57. The summed E-state index contributed by atoms with van der Waals surface area (Å²) in [4.78, 5) is 7.91. The highest BCUT2D eigenvalue weighted by molar-refractivity contribution is 5.64. The lowest BCUT2D eigenvalue weighted by Gasteiger charge is -2.23. The lowest BCUT2D eigenvalue weighted by atomic mass is 9.86. The van der Waals surface area contributed by atoms with E-state index in [1.54, 1.807) is 12.1 Å². The molecule has 7 nitrogen and oxygen atoms in total. The molecule has 0 spiro atoms. The number of nitrogens with zero attached hydrogens (tertiary/aromatic N) is 4. The summed E-state index contributed by atoms with van der Waals surface area (Å²) < 4.78 is 46.3. The van der Waals surface area contributed by atoms with Gasteiger partial charge in [0.25, 0.3) is 0 Å². The second kappa shape index (κ2) is 8.97. The Hall–Kier alpha value is -2.72. The SMILES string of the molecule is CC(C)(c1ccc(-c2cc(F)c3cnc(N)nn23)nc1)C(F)F.OC1CCCOC1. The highest BCUT2D eigenvalue weighted by Gasteiger charge is 2.32. The van der Waals surface area contributed by atoms with E-state index in [-0.39, 0.29) is 17.6 Å². The first-order valence-electron chi connectivity index (χ1n) is 9.50. The van der Waals surface area contributed by atoms with Crippen molar-refractivity contribution >= 4 is 11.5 Å². The monoisotopic (exact) mass is 423 g/mol. The number of hydrogen-bond donors (Lipinski definition) is 2. The summed E-state index contributed by atoms with van der Waals surface area (Å²) >= 11 is 0. The summed E-state index contributed by atoms with van der Waals surface area (Å²) in [5.74, 6) is -0.524. The normalized spacial score (nSPS) is 17.1. The van der Waals surface area contributed by atoms with E-state index >= 15 is 0 Å². The molecule has 0 aliphatic carbocycles. The van der Waals surface area contributed by atoms with Crippen LogP contribution in [0.2, 0.25) is 0 Å². The molecule has 0 aromatic carbocycles. The van der Waals surface area contributed by atoms with E-state index in [0.29, 0.717) is 23.6 Å². The van der Waals surface area contributed by atoms with Crippen LogP contribution in [0.25, 0.3) is 16.9 Å². The van der Waals surface area contributed by atoms with Crippen LogP contribution in [-0.2, 0) is 10.2 Å². The summed E-state index contributed by atoms with van der Waals surface area (Å²) in [6, 6.07) is 4.36. The van der Waals surface area contributed by atoms with E-state index in [9.17, 15) is 13.2 Å². The van der Waals surface area contributed by atoms with Crippen molar-refractivity contribution in [1.82, 2.24) is 19.6 Å². The summed E-state index contributed by atoms with van der Waals surface area (Å²) in [5, 5.41) is 12.7. The van der Waals surface area contributed by atoms with Crippen molar-refractivity contribution < 1.29 is 23.0 Å². The van der Waals surface area contributed by atoms with Gasteiger partial charge in [0.2, 0.25) is 12.4 Å². The summed E-state index contributed by atoms with van der Waals surface area (Å²) in [6.07, 6.45) is 1.86. The van der Waals surface area contributed by atoms with E-state index in [1.165, 1.54) is 36.8 Å². The smallest absolute Gasteiger partial charge is 0.247 e. The number of nitrogen functional groups attached to an aromatic ring is 1. The van der Waals surface area contributed by atoms with Crippen LogP contribution in [-0.4, -0.2) is 50.4 Å². The van der Waals surface area contributed by atoms with Crippen molar-refractivity contribution in [3.63, 3.8) is 0 Å². The molecule has 3 aromatic heterocycles. The molecule has 10 heteroatoms. The number of aromatic nitrogens is 4. The van der Waals surface area contributed by atoms with E-state index in [4.69, 9.17) is 15.6 Å². The lowest BCUT2D eigenvalue weighted by molar-refractivity contribution is -0.00535. The topological polar surface area (TPSA) is 98.6 Å². The van der Waals surface area contributed by atoms with Crippen molar-refractivity contribution in [3.05, 3.63) is 42.0 Å². The van der Waals surface area contributed by atoms with E-state index in [0.717, 1.165) is 19.4 Å². The Balaban J connectivity index is 0.000000310. The van der Waals surface area contributed by atoms with Crippen LogP contribution in [0.5, 0.6) is 0 Å². The molecule has 1 aliphatic rings. The van der Waals surface area contributed by atoms with Crippen molar-refractivity contribution in [2.45, 2.75) is 44.6 Å². The number of alkyl halides is 2. The zero-order valence-electron chi connectivity index (χ0n) is 16.7. The average Bonchev–Trinajstić information content (AvgIpc) is 3.05. The molecule has 1 saturated heterocycles. The molecule has 3 aromatic rings. The van der Waals surface area contributed by atoms with Gasteiger partial charge in [-0.1, -0.05) is 19.9 Å². The second-order valence-electron chi connectivity index (χ2n) is 7.62. The summed E-state index contributed by atoms with van der Waals surface area (Å²) in [7, 11) is 0. The maximum atomic E-state index is 13.9. The van der Waals surface area contributed by atoms with Gasteiger partial charge in [-0.3, -0.25) is 4.98 Å². The largest absolute Gasteiger partial charge is 0.391 e. The molecule has 1 aliphatic heterocycles. The molecule has 3 N–H and O–H groups in total. The average molecular weight is 423 g/mol. The highest BCUT2D eigenvalue weighted by atomic mass is 19.3. The first-order valence-corrected chi connectivity index (χ1v) is 9.50. The van der Waals surface area contributed by atoms with Gasteiger partial charge >= 0.3 is 0 Å². The van der Waals surface area contributed by atoms with Crippen LogP contribution in [0.3, 0.4) is 0 Å². The zero-order valence-corrected chi connectivity index (χ0v) is 16.7. The van der Waals surface area contributed by atoms with Crippen molar-refractivity contribution in [3.8, 4) is 11.4 Å². The third-order valence-electron chi connectivity index (χ3n) is 4.94. The summed E-state index contributed by atoms with van der Waals surface area (Å²) in [6.45, 7) is 4.25. The van der Waals surface area contributed by atoms with E-state index in [2.05, 4.69) is 15.1 Å². The van der Waals surface area contributed by atoms with Gasteiger partial charge in [-0.05, 0) is 24.5 Å². The third kappa shape index (κ3) is 4.71. The number of hydrogen-bond acceptors (Lipinski definition) is 6. The molecule has 1 unspecified atom stereocenters. The Morgan fingerprint density at radius 2 is 2.03 bits per heavy atom. The van der Waals surface area contributed by atoms with Gasteiger partial charge in [-0.15, -0.1) is 5.10 Å². The molecule has 0 saturated carbocycles. The fraction of sp³-hybridized carbons (Fsp3) is 0.450. The van der Waals surface area contributed by atoms with Crippen LogP contribution < -0.4 is 5.73 Å². The molecule has 162 valence electrons. The van der Waals surface area contributed by atoms with Crippen LogP contribution in [0.4, 0.5) is 19.1 Å². The standard InChI is InChI=1S/C15H14F3N5.C5H10O2/c1-15(2,13(17)18)8-3-4-10(20-6-8)11-5-9(16)12-7-21-14(19)22-23(11)12;6-5-2-1-3-7-4-5/h3-7,13H,1-2H3,(H2,19,22);5-6H,1-4H2. The lowest BCUT2D eigenvalue weighted by Crippen LogP contribution is -2.26. The Morgan fingerprint density at radius 3 is 2.57 bits per heavy atom. The van der Waals surface area contributed by atoms with Gasteiger partial charge < -0.3 is 15.6 Å². The fourth-order valence-electron chi connectivity index (χ4n) is 2.92. The van der Waals surface area contributed by atoms with Gasteiger partial charge in [0.15, 0.2) is 5.82 Å². The van der Waals surface area contributed by atoms with Crippen LogP contribution >= 0.6 is 0 Å². The number of aliphatic hydroxyl groups excluding tert-OH is 1. The number of rotatable bonds is 3. The molecule has 0 radical (unpaired) electrons. The van der Waals surface area contributed by atoms with E-state index in [1.807, 2.05) is 0 Å². The van der Waals surface area contributed by atoms with Crippen molar-refractivity contribution in [1.29, 1.82) is 0 Å². The van der Waals surface area contributed by atoms with Gasteiger partial charge in [0, 0.05) is 18.9 Å². The Morgan fingerprint density at radius 1 is 1.27 bits per heavy atom. The van der Waals surface area contributed by atoms with Crippen LogP contribution in [0.1, 0.15) is 32.3 Å². The van der Waals surface area contributed by atoms with E-state index < -0.39 is 17.7 Å². The minimum atomic E-state index is -2.52. The molecule has 0 bridgehead atoms. The van der Waals surface area contributed by atoms with Gasteiger partial charge in [-0.25, -0.2) is 22.7 Å². The maximum absolute atomic E-state index is 13.9. The molecule has 4 heterocycles. The van der Waals surface area contributed by atoms with Gasteiger partial charge in [-0.2, -0.15) is 0 Å². The number of fused-ring (bicyclic) bond motifs is 1. The zero-order chi connectivity index (χ0) is 21.9. The Labute approximate surface area is 171 Å². The van der Waals surface area contributed by atoms with Crippen LogP contribution in [0.15, 0.2) is 30.6 Å². The Bertz CT molecular complexity index is 986. The number of halogens is 3. The molecule has 4 rings (SSSR count). The highest BCUT2D eigenvalue weighted by Crippen LogP contribution is 2.31. The molecular weight excluding hydrogens is 399 g/mol. The number of pyridine rings is 1. The molecule has 1 fully saturated rings. The number of anilines is 1. The second-order valence-corrected chi connectivity index (χ2v) is 7.62. The first kappa shape index (κ1) is 22.0. The summed E-state index contributed by atoms with van der Waals surface area (Å²) in [5.41, 5.74) is 5.53. The number of aliphatic hydroxyl groups is 1. The first-order chi connectivity index (χ1) is 14.2. The number of nitrogens with two attached hydrogens (primary N) is 1. The minimum absolute atomic E-state index is 0.00944. The van der Waals surface area contributed by atoms with Crippen molar-refractivity contribution in [2.24, 2.45) is 0 Å². The maximum Gasteiger partial charge on any atom is 0.247 e. The number of ether oxygens (including phenoxy) is 1. The molecule has 0 amide bonds.